The molecule has 0 saturated carbocycles. The van der Waals surface area contributed by atoms with Gasteiger partial charge in [-0.3, -0.25) is 4.79 Å². The van der Waals surface area contributed by atoms with Crippen LogP contribution in [0.3, 0.4) is 0 Å². The zero-order valence-electron chi connectivity index (χ0n) is 9.96. The molecule has 1 heterocycles. The van der Waals surface area contributed by atoms with Crippen LogP contribution in [0.25, 0.3) is 0 Å². The van der Waals surface area contributed by atoms with Crippen LogP contribution < -0.4 is 0 Å². The van der Waals surface area contributed by atoms with E-state index in [0.29, 0.717) is 21.2 Å². The molecule has 0 fully saturated rings. The lowest BCUT2D eigenvalue weighted by molar-refractivity contribution is 0.0995. The average molecular weight is 284 g/mol. The summed E-state index contributed by atoms with van der Waals surface area (Å²) in [6.45, 7) is 3.62. The number of aromatic nitrogens is 1. The summed E-state index contributed by atoms with van der Waals surface area (Å²) in [5.74, 6) is -0.536. The van der Waals surface area contributed by atoms with E-state index in [2.05, 4.69) is 4.98 Å². The Labute approximate surface area is 113 Å². The van der Waals surface area contributed by atoms with Gasteiger partial charge in [0.05, 0.1) is 15.6 Å². The zero-order valence-corrected chi connectivity index (χ0v) is 11.5. The fraction of sp³-hybridized carbons (Fsp3) is 0.231. The smallest absolute Gasteiger partial charge is 0.179 e. The number of hydrogen-bond donors (Lipinski definition) is 0. The van der Waals surface area contributed by atoms with Crippen molar-refractivity contribution in [2.24, 2.45) is 0 Å². The van der Waals surface area contributed by atoms with Gasteiger partial charge >= 0.3 is 0 Å². The van der Waals surface area contributed by atoms with Crippen LogP contribution in [0, 0.1) is 19.7 Å². The summed E-state index contributed by atoms with van der Waals surface area (Å²) in [6, 6.07) is 4.22. The van der Waals surface area contributed by atoms with Gasteiger partial charge in [0.2, 0.25) is 0 Å². The predicted octanol–water partition coefficient (Wildman–Crippen LogP) is 3.98. The van der Waals surface area contributed by atoms with Crippen LogP contribution in [0.5, 0.6) is 0 Å². The molecule has 2 aromatic rings. The first-order valence-corrected chi connectivity index (χ1v) is 6.58. The fourth-order valence-corrected chi connectivity index (χ4v) is 2.77. The third-order valence-electron chi connectivity index (χ3n) is 2.52. The SMILES string of the molecule is Cc1nc(C)c(C(=O)Cc2cc(Cl)ccc2F)s1. The number of carbonyl (C=O) groups excluding carboxylic acids is 1. The third-order valence-corrected chi connectivity index (χ3v) is 3.86. The highest BCUT2D eigenvalue weighted by Crippen LogP contribution is 2.21. The summed E-state index contributed by atoms with van der Waals surface area (Å²) in [7, 11) is 0. The fourth-order valence-electron chi connectivity index (χ4n) is 1.72. The number of Topliss-reactive ketones (excluding diaryl/α,β-unsaturated/α-hetero) is 1. The van der Waals surface area contributed by atoms with Crippen LogP contribution in [0.15, 0.2) is 18.2 Å². The van der Waals surface area contributed by atoms with Crippen molar-refractivity contribution < 1.29 is 9.18 Å². The molecular formula is C13H11ClFNOS. The van der Waals surface area contributed by atoms with E-state index in [4.69, 9.17) is 11.6 Å². The van der Waals surface area contributed by atoms with Gasteiger partial charge in [0, 0.05) is 11.4 Å². The highest BCUT2D eigenvalue weighted by Gasteiger charge is 2.16. The van der Waals surface area contributed by atoms with Crippen molar-refractivity contribution in [3.8, 4) is 0 Å². The molecule has 0 aliphatic rings. The van der Waals surface area contributed by atoms with Crippen LogP contribution in [-0.2, 0) is 6.42 Å². The normalized spacial score (nSPS) is 10.7. The Kier molecular flexibility index (Phi) is 3.78. The molecule has 94 valence electrons. The van der Waals surface area contributed by atoms with Gasteiger partial charge in [-0.15, -0.1) is 11.3 Å². The molecule has 2 rings (SSSR count). The predicted molar refractivity (Wildman–Crippen MR) is 71.0 cm³/mol. The molecule has 5 heteroatoms. The molecule has 2 nitrogen and oxygen atoms in total. The molecule has 0 saturated heterocycles. The molecule has 0 aliphatic carbocycles. The van der Waals surface area contributed by atoms with Crippen LogP contribution >= 0.6 is 22.9 Å². The van der Waals surface area contributed by atoms with E-state index in [1.165, 1.54) is 29.5 Å². The van der Waals surface area contributed by atoms with Gasteiger partial charge in [-0.05, 0) is 37.6 Å². The molecule has 1 aromatic carbocycles. The molecule has 0 aliphatic heterocycles. The van der Waals surface area contributed by atoms with Crippen molar-refractivity contribution in [1.82, 2.24) is 4.98 Å². The van der Waals surface area contributed by atoms with Crippen molar-refractivity contribution in [2.75, 3.05) is 0 Å². The molecule has 0 atom stereocenters. The maximum atomic E-state index is 13.5. The molecule has 0 radical (unpaired) electrons. The summed E-state index contributed by atoms with van der Waals surface area (Å²) >= 11 is 7.13. The lowest BCUT2D eigenvalue weighted by Gasteiger charge is -2.02. The number of ketones is 1. The van der Waals surface area contributed by atoms with Crippen LogP contribution in [0.4, 0.5) is 4.39 Å². The lowest BCUT2D eigenvalue weighted by atomic mass is 10.1. The van der Waals surface area contributed by atoms with Crippen molar-refractivity contribution in [1.29, 1.82) is 0 Å². The molecule has 0 spiro atoms. The monoisotopic (exact) mass is 283 g/mol. The number of thiazole rings is 1. The van der Waals surface area contributed by atoms with Gasteiger partial charge in [-0.2, -0.15) is 0 Å². The summed E-state index contributed by atoms with van der Waals surface area (Å²) in [5, 5.41) is 1.26. The Morgan fingerprint density at radius 1 is 1.44 bits per heavy atom. The number of benzene rings is 1. The highest BCUT2D eigenvalue weighted by atomic mass is 35.5. The second kappa shape index (κ2) is 5.16. The minimum Gasteiger partial charge on any atom is -0.293 e. The van der Waals surface area contributed by atoms with Crippen LogP contribution in [-0.4, -0.2) is 10.8 Å². The Morgan fingerprint density at radius 3 is 2.78 bits per heavy atom. The Bertz CT molecular complexity index is 609. The molecule has 0 N–H and O–H groups in total. The summed E-state index contributed by atoms with van der Waals surface area (Å²) in [5.41, 5.74) is 1.02. The molecule has 0 bridgehead atoms. The largest absolute Gasteiger partial charge is 0.293 e. The maximum absolute atomic E-state index is 13.5. The van der Waals surface area contributed by atoms with E-state index >= 15 is 0 Å². The number of rotatable bonds is 3. The van der Waals surface area contributed by atoms with Crippen LogP contribution in [0.1, 0.15) is 25.9 Å². The molecular weight excluding hydrogens is 273 g/mol. The summed E-state index contributed by atoms with van der Waals surface area (Å²) < 4.78 is 13.5. The number of nitrogens with zero attached hydrogens (tertiary/aromatic N) is 1. The second-order valence-corrected chi connectivity index (χ2v) is 5.62. The van der Waals surface area contributed by atoms with Gasteiger partial charge in [0.1, 0.15) is 5.82 Å². The number of aryl methyl sites for hydroxylation is 2. The molecule has 18 heavy (non-hydrogen) atoms. The Hall–Kier alpha value is -1.26. The minimum absolute atomic E-state index is 0.00880. The van der Waals surface area contributed by atoms with Gasteiger partial charge in [0.15, 0.2) is 5.78 Å². The van der Waals surface area contributed by atoms with Gasteiger partial charge in [0.25, 0.3) is 0 Å². The van der Waals surface area contributed by atoms with Gasteiger partial charge < -0.3 is 0 Å². The Balaban J connectivity index is 2.26. The third kappa shape index (κ3) is 2.76. The van der Waals surface area contributed by atoms with E-state index in [9.17, 15) is 9.18 Å². The number of halogens is 2. The Morgan fingerprint density at radius 2 is 2.17 bits per heavy atom. The standard InChI is InChI=1S/C13H11ClFNOS/c1-7-13(18-8(2)16-7)12(17)6-9-5-10(14)3-4-11(9)15/h3-5H,6H2,1-2H3. The number of carbonyl (C=O) groups is 1. The van der Waals surface area contributed by atoms with E-state index in [0.717, 1.165) is 5.01 Å². The maximum Gasteiger partial charge on any atom is 0.179 e. The van der Waals surface area contributed by atoms with Crippen LogP contribution in [0.2, 0.25) is 5.02 Å². The first-order valence-electron chi connectivity index (χ1n) is 5.38. The van der Waals surface area contributed by atoms with E-state index in [1.807, 2.05) is 6.92 Å². The highest BCUT2D eigenvalue weighted by molar-refractivity contribution is 7.13. The topological polar surface area (TPSA) is 30.0 Å². The lowest BCUT2D eigenvalue weighted by Crippen LogP contribution is -2.05. The van der Waals surface area contributed by atoms with Crippen molar-refractivity contribution in [3.63, 3.8) is 0 Å². The summed E-state index contributed by atoms with van der Waals surface area (Å²) in [4.78, 5) is 16.9. The van der Waals surface area contributed by atoms with Crippen molar-refractivity contribution in [2.45, 2.75) is 20.3 Å². The second-order valence-electron chi connectivity index (χ2n) is 3.98. The van der Waals surface area contributed by atoms with E-state index in [1.54, 1.807) is 6.92 Å². The quantitative estimate of drug-likeness (QED) is 0.798. The van der Waals surface area contributed by atoms with Crippen molar-refractivity contribution in [3.05, 3.63) is 50.2 Å². The number of hydrogen-bond acceptors (Lipinski definition) is 3. The van der Waals surface area contributed by atoms with Gasteiger partial charge in [-0.1, -0.05) is 11.6 Å². The van der Waals surface area contributed by atoms with Crippen molar-refractivity contribution >= 4 is 28.7 Å². The minimum atomic E-state index is -0.411. The first-order chi connectivity index (χ1) is 8.47. The average Bonchev–Trinajstić information content (AvgIpc) is 2.63. The molecule has 1 aromatic heterocycles. The molecule has 0 unspecified atom stereocenters. The van der Waals surface area contributed by atoms with E-state index < -0.39 is 5.82 Å². The van der Waals surface area contributed by atoms with Gasteiger partial charge in [-0.25, -0.2) is 9.37 Å². The summed E-state index contributed by atoms with van der Waals surface area (Å²) in [6.07, 6.45) is 0.00880. The zero-order chi connectivity index (χ0) is 13.3. The first kappa shape index (κ1) is 13.2. The molecule has 0 amide bonds. The van der Waals surface area contributed by atoms with E-state index in [-0.39, 0.29) is 12.2 Å².